The minimum Gasteiger partial charge on any atom is -0.394 e. The molecule has 0 aromatic heterocycles. The van der Waals surface area contributed by atoms with Crippen molar-refractivity contribution in [3.8, 4) is 0 Å². The van der Waals surface area contributed by atoms with E-state index in [2.05, 4.69) is 39.0 Å². The summed E-state index contributed by atoms with van der Waals surface area (Å²) in [6.45, 7) is 4.49. The summed E-state index contributed by atoms with van der Waals surface area (Å²) in [5.41, 5.74) is 8.26. The van der Waals surface area contributed by atoms with Gasteiger partial charge in [0.1, 0.15) is 0 Å². The Kier molecular flexibility index (Phi) is 5.84. The zero-order valence-electron chi connectivity index (χ0n) is 11.9. The first-order valence-corrected chi connectivity index (χ1v) is 7.93. The predicted molar refractivity (Wildman–Crippen MR) is 85.0 cm³/mol. The fourth-order valence-corrected chi connectivity index (χ4v) is 3.19. The maximum Gasteiger partial charge on any atom is 0.0701 e. The van der Waals surface area contributed by atoms with Crippen molar-refractivity contribution in [1.29, 1.82) is 0 Å². The number of hydrogen-bond acceptors (Lipinski definition) is 4. The van der Waals surface area contributed by atoms with E-state index >= 15 is 0 Å². The molecule has 0 bridgehead atoms. The second-order valence-corrected chi connectivity index (χ2v) is 6.13. The number of nitrogens with zero attached hydrogens (tertiary/aromatic N) is 1. The van der Waals surface area contributed by atoms with Crippen molar-refractivity contribution >= 4 is 21.6 Å². The van der Waals surface area contributed by atoms with Gasteiger partial charge in [0.15, 0.2) is 0 Å². The lowest BCUT2D eigenvalue weighted by atomic mass is 10.1. The van der Waals surface area contributed by atoms with Crippen LogP contribution >= 0.6 is 15.9 Å². The average molecular weight is 343 g/mol. The smallest absolute Gasteiger partial charge is 0.0701 e. The number of anilines is 1. The van der Waals surface area contributed by atoms with E-state index in [-0.39, 0.29) is 18.8 Å². The van der Waals surface area contributed by atoms with Crippen LogP contribution in [0.4, 0.5) is 5.69 Å². The Morgan fingerprint density at radius 1 is 1.45 bits per heavy atom. The molecule has 1 saturated heterocycles. The molecule has 3 N–H and O–H groups in total. The maximum atomic E-state index is 8.78. The van der Waals surface area contributed by atoms with E-state index in [1.807, 2.05) is 6.92 Å². The van der Waals surface area contributed by atoms with Gasteiger partial charge in [-0.05, 0) is 53.4 Å². The molecule has 1 atom stereocenters. The first-order chi connectivity index (χ1) is 9.61. The molecule has 1 aliphatic heterocycles. The Bertz CT molecular complexity index is 432. The Hall–Kier alpha value is -0.620. The third-order valence-corrected chi connectivity index (χ3v) is 4.36. The van der Waals surface area contributed by atoms with Crippen molar-refractivity contribution in [2.45, 2.75) is 31.9 Å². The third-order valence-electron chi connectivity index (χ3n) is 3.73. The topological polar surface area (TPSA) is 58.7 Å². The molecule has 1 heterocycles. The molecule has 1 aliphatic rings. The van der Waals surface area contributed by atoms with Gasteiger partial charge < -0.3 is 20.5 Å². The Morgan fingerprint density at radius 2 is 2.15 bits per heavy atom. The van der Waals surface area contributed by atoms with Crippen LogP contribution in [0.2, 0.25) is 0 Å². The van der Waals surface area contributed by atoms with E-state index in [9.17, 15) is 0 Å². The second kappa shape index (κ2) is 7.41. The quantitative estimate of drug-likeness (QED) is 0.862. The van der Waals surface area contributed by atoms with Crippen LogP contribution in [0.5, 0.6) is 0 Å². The van der Waals surface area contributed by atoms with Crippen molar-refractivity contribution in [1.82, 2.24) is 0 Å². The number of hydrogen-bond donors (Lipinski definition) is 2. The summed E-state index contributed by atoms with van der Waals surface area (Å²) in [5, 5.41) is 8.78. The summed E-state index contributed by atoms with van der Waals surface area (Å²) < 4.78 is 6.69. The van der Waals surface area contributed by atoms with Gasteiger partial charge >= 0.3 is 0 Å². The molecule has 0 unspecified atom stereocenters. The second-order valence-electron chi connectivity index (χ2n) is 5.28. The molecule has 1 fully saturated rings. The van der Waals surface area contributed by atoms with Gasteiger partial charge in [-0.15, -0.1) is 0 Å². The summed E-state index contributed by atoms with van der Waals surface area (Å²) in [6.07, 6.45) is 2.28. The first-order valence-electron chi connectivity index (χ1n) is 7.14. The Balaban J connectivity index is 1.96. The number of benzene rings is 1. The van der Waals surface area contributed by atoms with Crippen molar-refractivity contribution in [3.63, 3.8) is 0 Å². The van der Waals surface area contributed by atoms with Crippen molar-refractivity contribution < 1.29 is 9.84 Å². The number of nitrogens with two attached hydrogens (primary N) is 1. The van der Waals surface area contributed by atoms with Crippen LogP contribution in [-0.4, -0.2) is 37.5 Å². The van der Waals surface area contributed by atoms with Gasteiger partial charge in [0.25, 0.3) is 0 Å². The molecule has 20 heavy (non-hydrogen) atoms. The maximum absolute atomic E-state index is 8.78. The molecule has 0 spiro atoms. The van der Waals surface area contributed by atoms with E-state index < -0.39 is 0 Å². The Morgan fingerprint density at radius 3 is 2.70 bits per heavy atom. The standard InChI is InChI=1S/C15H23BrN2O2/c1-11(17)12-2-3-15(14(16)10-12)18-6-4-13(5-7-18)20-9-8-19/h2-3,10-11,13,19H,4-9,17H2,1H3/t11-/m1/s1. The minimum atomic E-state index is 0.0537. The molecule has 0 amide bonds. The van der Waals surface area contributed by atoms with Crippen molar-refractivity contribution in [3.05, 3.63) is 28.2 Å². The predicted octanol–water partition coefficient (Wildman–Crippen LogP) is 2.45. The molecule has 0 aliphatic carbocycles. The van der Waals surface area contributed by atoms with Gasteiger partial charge in [0.2, 0.25) is 0 Å². The number of ether oxygens (including phenoxy) is 1. The third kappa shape index (κ3) is 3.95. The number of piperidine rings is 1. The van der Waals surface area contributed by atoms with Crippen LogP contribution in [0, 0.1) is 0 Å². The lowest BCUT2D eigenvalue weighted by molar-refractivity contribution is 0.0159. The molecule has 2 rings (SSSR count). The van der Waals surface area contributed by atoms with Crippen LogP contribution < -0.4 is 10.6 Å². The molecule has 5 heteroatoms. The van der Waals surface area contributed by atoms with Gasteiger partial charge in [0, 0.05) is 23.6 Å². The fraction of sp³-hybridized carbons (Fsp3) is 0.600. The number of halogens is 1. The van der Waals surface area contributed by atoms with Gasteiger partial charge in [-0.3, -0.25) is 0 Å². The van der Waals surface area contributed by atoms with Crippen molar-refractivity contribution in [2.75, 3.05) is 31.2 Å². The Labute approximate surface area is 129 Å². The van der Waals surface area contributed by atoms with E-state index in [0.717, 1.165) is 36.0 Å². The summed E-state index contributed by atoms with van der Waals surface area (Å²) in [4.78, 5) is 2.37. The van der Waals surface area contributed by atoms with E-state index in [1.54, 1.807) is 0 Å². The van der Waals surface area contributed by atoms with Crippen LogP contribution in [0.3, 0.4) is 0 Å². The van der Waals surface area contributed by atoms with Gasteiger partial charge in [-0.2, -0.15) is 0 Å². The highest BCUT2D eigenvalue weighted by Gasteiger charge is 2.21. The molecule has 4 nitrogen and oxygen atoms in total. The molecule has 112 valence electrons. The number of aliphatic hydroxyl groups excluding tert-OH is 1. The first kappa shape index (κ1) is 15.8. The monoisotopic (exact) mass is 342 g/mol. The van der Waals surface area contributed by atoms with E-state index in [0.29, 0.717) is 6.61 Å². The lowest BCUT2D eigenvalue weighted by Crippen LogP contribution is -2.37. The molecule has 0 saturated carbocycles. The van der Waals surface area contributed by atoms with E-state index in [4.69, 9.17) is 15.6 Å². The van der Waals surface area contributed by atoms with Crippen LogP contribution in [0.1, 0.15) is 31.4 Å². The summed E-state index contributed by atoms with van der Waals surface area (Å²) in [7, 11) is 0. The van der Waals surface area contributed by atoms with Gasteiger partial charge in [0.05, 0.1) is 25.0 Å². The van der Waals surface area contributed by atoms with Gasteiger partial charge in [-0.1, -0.05) is 6.07 Å². The lowest BCUT2D eigenvalue weighted by Gasteiger charge is -2.34. The highest BCUT2D eigenvalue weighted by Crippen LogP contribution is 2.31. The molecule has 1 aromatic carbocycles. The fourth-order valence-electron chi connectivity index (χ4n) is 2.55. The zero-order valence-corrected chi connectivity index (χ0v) is 13.5. The number of aliphatic hydroxyl groups is 1. The molecule has 1 aromatic rings. The number of rotatable bonds is 5. The average Bonchev–Trinajstić information content (AvgIpc) is 2.45. The minimum absolute atomic E-state index is 0.0537. The summed E-state index contributed by atoms with van der Waals surface area (Å²) in [6, 6.07) is 6.39. The van der Waals surface area contributed by atoms with Crippen LogP contribution in [-0.2, 0) is 4.74 Å². The van der Waals surface area contributed by atoms with Gasteiger partial charge in [-0.25, -0.2) is 0 Å². The van der Waals surface area contributed by atoms with Crippen molar-refractivity contribution in [2.24, 2.45) is 5.73 Å². The molecular formula is C15H23BrN2O2. The summed E-state index contributed by atoms with van der Waals surface area (Å²) >= 11 is 3.65. The van der Waals surface area contributed by atoms with Crippen LogP contribution in [0.25, 0.3) is 0 Å². The molecular weight excluding hydrogens is 320 g/mol. The highest BCUT2D eigenvalue weighted by atomic mass is 79.9. The van der Waals surface area contributed by atoms with Crippen LogP contribution in [0.15, 0.2) is 22.7 Å². The highest BCUT2D eigenvalue weighted by molar-refractivity contribution is 9.10. The largest absolute Gasteiger partial charge is 0.394 e. The normalized spacial score (nSPS) is 18.3. The van der Waals surface area contributed by atoms with E-state index in [1.165, 1.54) is 5.69 Å². The zero-order chi connectivity index (χ0) is 14.5. The SMILES string of the molecule is C[C@@H](N)c1ccc(N2CCC(OCCO)CC2)c(Br)c1. The summed E-state index contributed by atoms with van der Waals surface area (Å²) in [5.74, 6) is 0. The molecule has 0 radical (unpaired) electrons.